The molecule has 2 unspecified atom stereocenters. The van der Waals surface area contributed by atoms with Crippen molar-refractivity contribution in [3.05, 3.63) is 234 Å². The van der Waals surface area contributed by atoms with E-state index in [0.29, 0.717) is 12.8 Å². The number of ether oxygens (including phenoxy) is 2. The lowest BCUT2D eigenvalue weighted by atomic mass is 9.79. The first kappa shape index (κ1) is 53.4. The summed E-state index contributed by atoms with van der Waals surface area (Å²) in [6.45, 7) is 18.9. The molecule has 0 amide bonds. The Morgan fingerprint density at radius 2 is 0.675 bits per heavy atom. The minimum absolute atomic E-state index is 0.0352. The maximum Gasteiger partial charge on any atom is 0.126 e. The van der Waals surface area contributed by atoms with Crippen molar-refractivity contribution in [1.29, 1.82) is 0 Å². The molecule has 390 valence electrons. The fraction of sp³-hybridized carbons (Fsp3) is 0.260. The first-order valence-electron chi connectivity index (χ1n) is 27.9. The van der Waals surface area contributed by atoms with Gasteiger partial charge < -0.3 is 14.6 Å². The molecular weight excluding hydrogens is 956 g/mol. The summed E-state index contributed by atoms with van der Waals surface area (Å²) >= 11 is 0. The van der Waals surface area contributed by atoms with Crippen molar-refractivity contribution in [2.75, 3.05) is 14.2 Å². The highest BCUT2D eigenvalue weighted by molar-refractivity contribution is 7.67. The summed E-state index contributed by atoms with van der Waals surface area (Å²) < 4.78 is 12.1. The van der Waals surface area contributed by atoms with Crippen LogP contribution in [0.1, 0.15) is 137 Å². The first-order valence-corrected chi connectivity index (χ1v) is 29.4. The summed E-state index contributed by atoms with van der Waals surface area (Å²) in [5.41, 5.74) is 22.5. The van der Waals surface area contributed by atoms with Crippen molar-refractivity contribution in [2.45, 2.75) is 109 Å². The number of aliphatic hydroxyl groups excluding tert-OH is 1. The molecule has 1 aliphatic rings. The topological polar surface area (TPSA) is 38.7 Å². The molecule has 2 atom stereocenters. The van der Waals surface area contributed by atoms with E-state index in [-0.39, 0.29) is 35.0 Å². The molecule has 3 nitrogen and oxygen atoms in total. The molecule has 0 aliphatic carbocycles. The van der Waals surface area contributed by atoms with Gasteiger partial charge in [0.25, 0.3) is 0 Å². The van der Waals surface area contributed by atoms with Gasteiger partial charge in [0.1, 0.15) is 11.5 Å². The number of methoxy groups -OCH3 is 2. The molecule has 4 heteroatoms. The Balaban J connectivity index is 1.33. The molecule has 9 aromatic carbocycles. The summed E-state index contributed by atoms with van der Waals surface area (Å²) in [5, 5.41) is 13.9. The van der Waals surface area contributed by atoms with Crippen molar-refractivity contribution in [3.63, 3.8) is 0 Å². The third kappa shape index (κ3) is 10.8. The van der Waals surface area contributed by atoms with E-state index in [4.69, 9.17) is 9.47 Å². The summed E-state index contributed by atoms with van der Waals surface area (Å²) in [6, 6.07) is 74.1. The number of benzene rings is 9. The van der Waals surface area contributed by atoms with E-state index in [1.54, 1.807) is 14.2 Å². The highest BCUT2D eigenvalue weighted by Crippen LogP contribution is 2.69. The minimum Gasteiger partial charge on any atom is -0.496 e. The van der Waals surface area contributed by atoms with Gasteiger partial charge in [-0.2, -0.15) is 0 Å². The molecular formula is C73H75O3P. The summed E-state index contributed by atoms with van der Waals surface area (Å²) in [7, 11) is 2.42. The van der Waals surface area contributed by atoms with Crippen LogP contribution >= 0.6 is 7.92 Å². The Bertz CT molecular complexity index is 3180. The van der Waals surface area contributed by atoms with Crippen molar-refractivity contribution in [3.8, 4) is 78.3 Å². The van der Waals surface area contributed by atoms with Crippen LogP contribution in [0.2, 0.25) is 0 Å². The van der Waals surface area contributed by atoms with Crippen molar-refractivity contribution < 1.29 is 14.6 Å². The Hall–Kier alpha value is -7.03. The maximum absolute atomic E-state index is 12.5. The van der Waals surface area contributed by atoms with Crippen LogP contribution in [0.25, 0.3) is 66.8 Å². The quantitative estimate of drug-likeness (QED) is 0.104. The Kier molecular flexibility index (Phi) is 16.1. The minimum atomic E-state index is -1.13. The fourth-order valence-electron chi connectivity index (χ4n) is 12.1. The van der Waals surface area contributed by atoms with Crippen LogP contribution in [0.15, 0.2) is 200 Å². The zero-order valence-electron chi connectivity index (χ0n) is 46.7. The molecule has 1 fully saturated rings. The number of rotatable bonds is 15. The smallest absolute Gasteiger partial charge is 0.126 e. The lowest BCUT2D eigenvalue weighted by molar-refractivity contribution is 0.146. The Morgan fingerprint density at radius 1 is 0.364 bits per heavy atom. The first-order chi connectivity index (χ1) is 37.3. The SMILES string of the molecule is COc1ccccc1-c1cc(C(C)C)c(-c2cccc(-c3c(C(C)C)cc(-c4ccccc4OC)cc3C(C)C)c2P2C(c3ccc(-c4ccccc4)cc3)CC(O)CC2c2ccc(-c3ccccc3)cc2)c(C(C)C)c1. The summed E-state index contributed by atoms with van der Waals surface area (Å²) in [6.07, 6.45) is 0.853. The largest absolute Gasteiger partial charge is 0.496 e. The molecule has 0 bridgehead atoms. The van der Waals surface area contributed by atoms with Gasteiger partial charge in [-0.25, -0.2) is 0 Å². The molecule has 1 heterocycles. The van der Waals surface area contributed by atoms with Gasteiger partial charge >= 0.3 is 0 Å². The van der Waals surface area contributed by atoms with Crippen LogP contribution in [0.3, 0.4) is 0 Å². The average molecular weight is 1030 g/mol. The summed E-state index contributed by atoms with van der Waals surface area (Å²) in [5.74, 6) is 2.56. The van der Waals surface area contributed by atoms with Crippen molar-refractivity contribution >= 4 is 13.2 Å². The standard InChI is InChI=1S/C73H75O3P/c1-46(2)63-40-56(59-26-17-19-30-67(59)75-9)41-64(47(3)4)71(63)61-28-21-29-62(72-65(48(5)6)42-57(43-66(72)49(7)8)60-27-18-20-31-68(60)76-10)73(61)77-69(54-36-32-52(33-37-54)50-22-13-11-14-23-50)44-58(74)45-70(77)55-38-34-53(35-39-55)51-24-15-12-16-25-51/h11-43,46-49,58,69-70,74H,44-45H2,1-10H3. The van der Waals surface area contributed by atoms with Gasteiger partial charge in [0, 0.05) is 22.4 Å². The zero-order chi connectivity index (χ0) is 53.9. The van der Waals surface area contributed by atoms with Crippen LogP contribution in [-0.2, 0) is 0 Å². The van der Waals surface area contributed by atoms with Crippen LogP contribution in [0.4, 0.5) is 0 Å². The second-order valence-electron chi connectivity index (χ2n) is 22.3. The van der Waals surface area contributed by atoms with Gasteiger partial charge in [-0.1, -0.05) is 251 Å². The molecule has 0 aromatic heterocycles. The number of aliphatic hydroxyl groups is 1. The van der Waals surface area contributed by atoms with Gasteiger partial charge in [0.15, 0.2) is 0 Å². The highest BCUT2D eigenvalue weighted by Gasteiger charge is 2.43. The Labute approximate surface area is 460 Å². The number of hydrogen-bond donors (Lipinski definition) is 1. The predicted molar refractivity (Wildman–Crippen MR) is 329 cm³/mol. The third-order valence-electron chi connectivity index (χ3n) is 16.0. The molecule has 1 aliphatic heterocycles. The number of para-hydroxylation sites is 2. The molecule has 77 heavy (non-hydrogen) atoms. The predicted octanol–water partition coefficient (Wildman–Crippen LogP) is 19.9. The zero-order valence-corrected chi connectivity index (χ0v) is 47.6. The van der Waals surface area contributed by atoms with Gasteiger partial charge in [0.05, 0.1) is 20.3 Å². The lowest BCUT2D eigenvalue weighted by Crippen LogP contribution is -2.28. The monoisotopic (exact) mass is 1030 g/mol. The second-order valence-corrected chi connectivity index (χ2v) is 24.8. The van der Waals surface area contributed by atoms with E-state index < -0.39 is 14.0 Å². The molecule has 0 radical (unpaired) electrons. The van der Waals surface area contributed by atoms with Gasteiger partial charge in [-0.05, 0) is 143 Å². The van der Waals surface area contributed by atoms with Gasteiger partial charge in [-0.3, -0.25) is 0 Å². The van der Waals surface area contributed by atoms with Gasteiger partial charge in [0.2, 0.25) is 0 Å². The summed E-state index contributed by atoms with van der Waals surface area (Å²) in [4.78, 5) is 0. The number of hydrogen-bond acceptors (Lipinski definition) is 3. The highest BCUT2D eigenvalue weighted by atomic mass is 31.1. The van der Waals surface area contributed by atoms with Crippen LogP contribution in [0.5, 0.6) is 11.5 Å². The molecule has 1 N–H and O–H groups in total. The molecule has 1 saturated heterocycles. The molecule has 10 rings (SSSR count). The van der Waals surface area contributed by atoms with E-state index >= 15 is 0 Å². The molecule has 0 spiro atoms. The van der Waals surface area contributed by atoms with Crippen LogP contribution < -0.4 is 14.8 Å². The lowest BCUT2D eigenvalue weighted by Gasteiger charge is -2.44. The maximum atomic E-state index is 12.5. The van der Waals surface area contributed by atoms with Crippen LogP contribution in [-0.4, -0.2) is 25.4 Å². The van der Waals surface area contributed by atoms with Gasteiger partial charge in [-0.15, -0.1) is 0 Å². The third-order valence-corrected chi connectivity index (χ3v) is 19.4. The van der Waals surface area contributed by atoms with Crippen molar-refractivity contribution in [2.24, 2.45) is 0 Å². The molecule has 0 saturated carbocycles. The Morgan fingerprint density at radius 3 is 1.01 bits per heavy atom. The van der Waals surface area contributed by atoms with E-state index in [1.807, 2.05) is 0 Å². The van der Waals surface area contributed by atoms with Crippen LogP contribution in [0, 0.1) is 0 Å². The second kappa shape index (κ2) is 23.3. The fourth-order valence-corrected chi connectivity index (χ4v) is 16.1. The van der Waals surface area contributed by atoms with E-state index in [1.165, 1.54) is 94.3 Å². The van der Waals surface area contributed by atoms with E-state index in [0.717, 1.165) is 22.6 Å². The van der Waals surface area contributed by atoms with E-state index in [2.05, 4.69) is 256 Å². The average Bonchev–Trinajstić information content (AvgIpc) is 3.52. The van der Waals surface area contributed by atoms with E-state index in [9.17, 15) is 5.11 Å². The molecule has 9 aromatic rings. The van der Waals surface area contributed by atoms with Crippen molar-refractivity contribution in [1.82, 2.24) is 0 Å². The normalized spacial score (nSPS) is 16.6.